The molecule has 1 heterocycles. The average molecular weight is 476 g/mol. The van der Waals surface area contributed by atoms with Gasteiger partial charge in [0.2, 0.25) is 0 Å². The van der Waals surface area contributed by atoms with Crippen molar-refractivity contribution in [2.24, 2.45) is 0 Å². The van der Waals surface area contributed by atoms with Crippen molar-refractivity contribution >= 4 is 35.0 Å². The highest BCUT2D eigenvalue weighted by molar-refractivity contribution is 8.18. The fraction of sp³-hybridized carbons (Fsp3) is 0.115. The zero-order valence-corrected chi connectivity index (χ0v) is 19.1. The van der Waals surface area contributed by atoms with Crippen molar-refractivity contribution in [3.8, 4) is 11.5 Å². The summed E-state index contributed by atoms with van der Waals surface area (Å²) in [6.07, 6.45) is 1.65. The number of carbonyl (C=O) groups is 3. The maximum atomic E-state index is 12.9. The minimum absolute atomic E-state index is 0.0654. The van der Waals surface area contributed by atoms with Gasteiger partial charge < -0.3 is 14.6 Å². The largest absolute Gasteiger partial charge is 0.493 e. The third-order valence-electron chi connectivity index (χ3n) is 5.14. The molecule has 1 saturated heterocycles. The third kappa shape index (κ3) is 5.29. The minimum atomic E-state index is -1.03. The van der Waals surface area contributed by atoms with Crippen LogP contribution in [0.3, 0.4) is 0 Å². The van der Waals surface area contributed by atoms with Crippen LogP contribution in [0.2, 0.25) is 0 Å². The number of amides is 2. The van der Waals surface area contributed by atoms with E-state index in [-0.39, 0.29) is 17.3 Å². The lowest BCUT2D eigenvalue weighted by atomic mass is 10.1. The number of nitrogens with zero attached hydrogens (tertiary/aromatic N) is 1. The van der Waals surface area contributed by atoms with E-state index >= 15 is 0 Å². The Morgan fingerprint density at radius 1 is 0.971 bits per heavy atom. The predicted molar refractivity (Wildman–Crippen MR) is 129 cm³/mol. The molecule has 0 aromatic heterocycles. The lowest BCUT2D eigenvalue weighted by molar-refractivity contribution is -0.123. The predicted octanol–water partition coefficient (Wildman–Crippen LogP) is 5.21. The molecular formula is C26H21NO6S. The van der Waals surface area contributed by atoms with Gasteiger partial charge in [0.1, 0.15) is 6.61 Å². The zero-order valence-electron chi connectivity index (χ0n) is 18.3. The van der Waals surface area contributed by atoms with Crippen molar-refractivity contribution < 1.29 is 29.0 Å². The van der Waals surface area contributed by atoms with Gasteiger partial charge >= 0.3 is 5.97 Å². The molecule has 0 aliphatic carbocycles. The number of thioether (sulfide) groups is 1. The number of carbonyl (C=O) groups excluding carboxylic acids is 2. The summed E-state index contributed by atoms with van der Waals surface area (Å²) >= 11 is 0.862. The molecule has 2 amide bonds. The summed E-state index contributed by atoms with van der Waals surface area (Å²) in [6.45, 7) is 0.424. The molecule has 172 valence electrons. The highest BCUT2D eigenvalue weighted by atomic mass is 32.2. The highest BCUT2D eigenvalue weighted by Gasteiger charge is 2.35. The second-order valence-corrected chi connectivity index (χ2v) is 8.45. The number of aromatic carboxylic acids is 1. The van der Waals surface area contributed by atoms with E-state index in [0.29, 0.717) is 34.1 Å². The molecule has 0 saturated carbocycles. The van der Waals surface area contributed by atoms with Crippen LogP contribution in [0.5, 0.6) is 11.5 Å². The molecule has 0 atom stereocenters. The number of imide groups is 1. The summed E-state index contributed by atoms with van der Waals surface area (Å²) in [4.78, 5) is 37.8. The molecular weight excluding hydrogens is 454 g/mol. The van der Waals surface area contributed by atoms with Gasteiger partial charge in [0.05, 0.1) is 24.1 Å². The van der Waals surface area contributed by atoms with E-state index in [4.69, 9.17) is 14.6 Å². The van der Waals surface area contributed by atoms with Gasteiger partial charge in [-0.25, -0.2) is 4.79 Å². The standard InChI is InChI=1S/C26H21NO6S/c1-32-21-12-9-19(13-22(21)33-16-18-5-3-2-4-6-18)14-23-24(28)27(26(31)34-23)15-17-7-10-20(11-8-17)25(29)30/h2-14H,15-16H2,1H3,(H,29,30)/b23-14-. The van der Waals surface area contributed by atoms with Gasteiger partial charge in [-0.2, -0.15) is 0 Å². The number of methoxy groups -OCH3 is 1. The molecule has 4 rings (SSSR count). The van der Waals surface area contributed by atoms with Crippen LogP contribution in [0.1, 0.15) is 27.0 Å². The van der Waals surface area contributed by atoms with Crippen LogP contribution >= 0.6 is 11.8 Å². The maximum absolute atomic E-state index is 12.9. The van der Waals surface area contributed by atoms with Crippen LogP contribution in [0.4, 0.5) is 4.79 Å². The smallest absolute Gasteiger partial charge is 0.335 e. The number of carboxylic acid groups (broad SMARTS) is 1. The first-order valence-corrected chi connectivity index (χ1v) is 11.2. The molecule has 1 aliphatic heterocycles. The maximum Gasteiger partial charge on any atom is 0.335 e. The Bertz CT molecular complexity index is 1250. The Morgan fingerprint density at radius 3 is 2.38 bits per heavy atom. The third-order valence-corrected chi connectivity index (χ3v) is 6.05. The molecule has 1 fully saturated rings. The Balaban J connectivity index is 1.50. The monoisotopic (exact) mass is 475 g/mol. The van der Waals surface area contributed by atoms with Gasteiger partial charge in [-0.1, -0.05) is 48.5 Å². The van der Waals surface area contributed by atoms with Crippen LogP contribution in [-0.4, -0.2) is 34.2 Å². The van der Waals surface area contributed by atoms with Gasteiger partial charge in [-0.15, -0.1) is 0 Å². The van der Waals surface area contributed by atoms with Crippen molar-refractivity contribution in [3.63, 3.8) is 0 Å². The summed E-state index contributed by atoms with van der Waals surface area (Å²) in [7, 11) is 1.55. The van der Waals surface area contributed by atoms with E-state index in [1.807, 2.05) is 30.3 Å². The van der Waals surface area contributed by atoms with Crippen LogP contribution in [0.15, 0.2) is 77.7 Å². The molecule has 1 N–H and O–H groups in total. The summed E-state index contributed by atoms with van der Waals surface area (Å²) < 4.78 is 11.3. The molecule has 1 aliphatic rings. The molecule has 34 heavy (non-hydrogen) atoms. The number of carboxylic acids is 1. The number of rotatable bonds is 8. The van der Waals surface area contributed by atoms with E-state index in [9.17, 15) is 14.4 Å². The Hall–Kier alpha value is -4.04. The molecule has 3 aromatic carbocycles. The first kappa shape index (κ1) is 23.1. The number of ether oxygens (including phenoxy) is 2. The van der Waals surface area contributed by atoms with Crippen LogP contribution in [0, 0.1) is 0 Å². The van der Waals surface area contributed by atoms with E-state index in [0.717, 1.165) is 22.2 Å². The van der Waals surface area contributed by atoms with Gasteiger partial charge in [0, 0.05) is 0 Å². The Labute approximate surface area is 200 Å². The Kier molecular flexibility index (Phi) is 6.98. The van der Waals surface area contributed by atoms with Crippen molar-refractivity contribution in [2.75, 3.05) is 7.11 Å². The second kappa shape index (κ2) is 10.3. The van der Waals surface area contributed by atoms with Gasteiger partial charge in [0.25, 0.3) is 11.1 Å². The number of hydrogen-bond acceptors (Lipinski definition) is 6. The van der Waals surface area contributed by atoms with E-state index < -0.39 is 11.9 Å². The zero-order chi connectivity index (χ0) is 24.1. The topological polar surface area (TPSA) is 93.1 Å². The van der Waals surface area contributed by atoms with Crippen molar-refractivity contribution in [1.29, 1.82) is 0 Å². The quantitative estimate of drug-likeness (QED) is 0.447. The van der Waals surface area contributed by atoms with Crippen LogP contribution in [0.25, 0.3) is 6.08 Å². The van der Waals surface area contributed by atoms with Crippen LogP contribution in [-0.2, 0) is 17.9 Å². The first-order chi connectivity index (χ1) is 16.4. The van der Waals surface area contributed by atoms with Crippen molar-refractivity contribution in [3.05, 3.63) is 100.0 Å². The molecule has 0 spiro atoms. The number of benzene rings is 3. The summed E-state index contributed by atoms with van der Waals surface area (Å²) in [6, 6.07) is 21.1. The number of hydrogen-bond donors (Lipinski definition) is 1. The highest BCUT2D eigenvalue weighted by Crippen LogP contribution is 2.35. The molecule has 7 nitrogen and oxygen atoms in total. The Morgan fingerprint density at radius 2 is 1.71 bits per heavy atom. The lowest BCUT2D eigenvalue weighted by Crippen LogP contribution is -2.27. The van der Waals surface area contributed by atoms with E-state index in [1.54, 1.807) is 43.5 Å². The van der Waals surface area contributed by atoms with Crippen LogP contribution < -0.4 is 9.47 Å². The average Bonchev–Trinajstić information content (AvgIpc) is 3.11. The fourth-order valence-electron chi connectivity index (χ4n) is 3.35. The molecule has 0 unspecified atom stereocenters. The molecule has 0 radical (unpaired) electrons. The minimum Gasteiger partial charge on any atom is -0.493 e. The molecule has 3 aromatic rings. The van der Waals surface area contributed by atoms with Gasteiger partial charge in [-0.3, -0.25) is 14.5 Å². The van der Waals surface area contributed by atoms with Crippen molar-refractivity contribution in [2.45, 2.75) is 13.2 Å². The van der Waals surface area contributed by atoms with Gasteiger partial charge in [-0.05, 0) is 58.8 Å². The summed E-state index contributed by atoms with van der Waals surface area (Å²) in [5.41, 5.74) is 2.50. The fourth-order valence-corrected chi connectivity index (χ4v) is 4.19. The van der Waals surface area contributed by atoms with E-state index in [2.05, 4.69) is 0 Å². The second-order valence-electron chi connectivity index (χ2n) is 7.45. The summed E-state index contributed by atoms with van der Waals surface area (Å²) in [5.74, 6) is -0.351. The normalized spacial score (nSPS) is 14.5. The SMILES string of the molecule is COc1ccc(/C=C2\SC(=O)N(Cc3ccc(C(=O)O)cc3)C2=O)cc1OCc1ccccc1. The van der Waals surface area contributed by atoms with Gasteiger partial charge in [0.15, 0.2) is 11.5 Å². The van der Waals surface area contributed by atoms with Crippen molar-refractivity contribution in [1.82, 2.24) is 4.90 Å². The van der Waals surface area contributed by atoms with E-state index in [1.165, 1.54) is 12.1 Å². The molecule has 0 bridgehead atoms. The first-order valence-electron chi connectivity index (χ1n) is 10.4. The summed E-state index contributed by atoms with van der Waals surface area (Å²) in [5, 5.41) is 8.63. The lowest BCUT2D eigenvalue weighted by Gasteiger charge is -2.13. The molecule has 8 heteroatoms.